The van der Waals surface area contributed by atoms with E-state index in [9.17, 15) is 0 Å². The van der Waals surface area contributed by atoms with E-state index in [1.165, 1.54) is 35.1 Å². The second-order valence-corrected chi connectivity index (χ2v) is 7.84. The SMILES string of the molecule is CCc1c(Cl)[nH]c2ncc(-c3cc4c(c(C5CCCN5)c3)C=NCC4)cc12. The lowest BCUT2D eigenvalue weighted by Crippen LogP contribution is -2.17. The zero-order valence-corrected chi connectivity index (χ0v) is 16.2. The highest BCUT2D eigenvalue weighted by Crippen LogP contribution is 2.35. The number of benzene rings is 1. The van der Waals surface area contributed by atoms with Gasteiger partial charge in [-0.2, -0.15) is 0 Å². The molecule has 4 heterocycles. The molecule has 27 heavy (non-hydrogen) atoms. The van der Waals surface area contributed by atoms with E-state index >= 15 is 0 Å². The Hall–Kier alpha value is -2.17. The highest BCUT2D eigenvalue weighted by molar-refractivity contribution is 6.31. The Bertz CT molecular complexity index is 1040. The Morgan fingerprint density at radius 2 is 2.15 bits per heavy atom. The first-order valence-electron chi connectivity index (χ1n) is 9.81. The first-order chi connectivity index (χ1) is 13.2. The summed E-state index contributed by atoms with van der Waals surface area (Å²) in [6.45, 7) is 4.10. The molecular formula is C22H23ClN4. The fourth-order valence-corrected chi connectivity index (χ4v) is 4.77. The number of nitrogens with zero attached hydrogens (tertiary/aromatic N) is 2. The minimum absolute atomic E-state index is 0.424. The van der Waals surface area contributed by atoms with Crippen molar-refractivity contribution < 1.29 is 0 Å². The van der Waals surface area contributed by atoms with Gasteiger partial charge in [0.05, 0.1) is 0 Å². The summed E-state index contributed by atoms with van der Waals surface area (Å²) in [5.74, 6) is 0. The second-order valence-electron chi connectivity index (χ2n) is 7.46. The summed E-state index contributed by atoms with van der Waals surface area (Å²) in [5, 5.41) is 5.48. The monoisotopic (exact) mass is 378 g/mol. The maximum Gasteiger partial charge on any atom is 0.138 e. The molecule has 0 amide bonds. The van der Waals surface area contributed by atoms with Crippen molar-refractivity contribution >= 4 is 28.8 Å². The molecule has 5 heteroatoms. The van der Waals surface area contributed by atoms with E-state index in [1.54, 1.807) is 0 Å². The van der Waals surface area contributed by atoms with Crippen molar-refractivity contribution in [3.63, 3.8) is 0 Å². The van der Waals surface area contributed by atoms with Gasteiger partial charge >= 0.3 is 0 Å². The lowest BCUT2D eigenvalue weighted by molar-refractivity contribution is 0.645. The molecule has 2 aromatic heterocycles. The maximum absolute atomic E-state index is 6.35. The third-order valence-corrected chi connectivity index (χ3v) is 6.18. The molecular weight excluding hydrogens is 356 g/mol. The third-order valence-electron chi connectivity index (χ3n) is 5.86. The quantitative estimate of drug-likeness (QED) is 0.684. The second kappa shape index (κ2) is 6.77. The molecule has 1 unspecified atom stereocenters. The highest BCUT2D eigenvalue weighted by Gasteiger charge is 2.23. The zero-order valence-electron chi connectivity index (χ0n) is 15.5. The Kier molecular flexibility index (Phi) is 4.25. The predicted molar refractivity (Wildman–Crippen MR) is 112 cm³/mol. The number of halogens is 1. The summed E-state index contributed by atoms with van der Waals surface area (Å²) < 4.78 is 0. The van der Waals surface area contributed by atoms with E-state index in [0.29, 0.717) is 11.2 Å². The van der Waals surface area contributed by atoms with Gasteiger partial charge in [0.25, 0.3) is 0 Å². The average Bonchev–Trinajstić information content (AvgIpc) is 3.33. The Balaban J connectivity index is 1.67. The molecule has 0 aliphatic carbocycles. The van der Waals surface area contributed by atoms with Crippen LogP contribution in [0.2, 0.25) is 5.15 Å². The van der Waals surface area contributed by atoms with Gasteiger partial charge < -0.3 is 10.3 Å². The van der Waals surface area contributed by atoms with Crippen LogP contribution in [-0.2, 0) is 12.8 Å². The first-order valence-corrected chi connectivity index (χ1v) is 10.2. The van der Waals surface area contributed by atoms with E-state index in [-0.39, 0.29) is 0 Å². The number of H-pyrrole nitrogens is 1. The van der Waals surface area contributed by atoms with Crippen LogP contribution in [0.3, 0.4) is 0 Å². The van der Waals surface area contributed by atoms with E-state index in [1.807, 2.05) is 6.20 Å². The molecule has 2 N–H and O–H groups in total. The molecule has 0 bridgehead atoms. The summed E-state index contributed by atoms with van der Waals surface area (Å²) in [4.78, 5) is 12.4. The molecule has 1 fully saturated rings. The van der Waals surface area contributed by atoms with Gasteiger partial charge in [-0.15, -0.1) is 0 Å². The van der Waals surface area contributed by atoms with Crippen molar-refractivity contribution in [3.8, 4) is 11.1 Å². The van der Waals surface area contributed by atoms with E-state index in [0.717, 1.165) is 48.1 Å². The minimum Gasteiger partial charge on any atom is -0.330 e. The van der Waals surface area contributed by atoms with Crippen molar-refractivity contribution in [3.05, 3.63) is 51.8 Å². The molecule has 2 aliphatic rings. The van der Waals surface area contributed by atoms with Crippen molar-refractivity contribution in [1.29, 1.82) is 0 Å². The molecule has 0 spiro atoms. The van der Waals surface area contributed by atoms with Crippen LogP contribution < -0.4 is 5.32 Å². The number of rotatable bonds is 3. The van der Waals surface area contributed by atoms with Gasteiger partial charge in [0.2, 0.25) is 0 Å². The number of hydrogen-bond acceptors (Lipinski definition) is 3. The Labute approximate surface area is 164 Å². The van der Waals surface area contributed by atoms with Crippen molar-refractivity contribution in [2.45, 2.75) is 38.6 Å². The largest absolute Gasteiger partial charge is 0.330 e. The number of fused-ring (bicyclic) bond motifs is 2. The summed E-state index contributed by atoms with van der Waals surface area (Å²) in [6, 6.07) is 7.31. The minimum atomic E-state index is 0.424. The molecule has 1 aromatic carbocycles. The first kappa shape index (κ1) is 17.0. The number of pyridine rings is 1. The van der Waals surface area contributed by atoms with Crippen molar-refractivity contribution in [2.24, 2.45) is 4.99 Å². The maximum atomic E-state index is 6.35. The highest BCUT2D eigenvalue weighted by atomic mass is 35.5. The summed E-state index contributed by atoms with van der Waals surface area (Å²) in [6.07, 6.45) is 8.34. The molecule has 5 rings (SSSR count). The number of aromatic nitrogens is 2. The van der Waals surface area contributed by atoms with Gasteiger partial charge in [0, 0.05) is 41.5 Å². The van der Waals surface area contributed by atoms with Crippen molar-refractivity contribution in [2.75, 3.05) is 13.1 Å². The standard InChI is InChI=1S/C22H23ClN4/c1-2-16-18-10-15(11-26-22(18)27-21(16)23)14-8-13-5-7-24-12-19(13)17(9-14)20-4-3-6-25-20/h8-12,20,25H,2-7H2,1H3,(H,26,27). The van der Waals surface area contributed by atoms with Crippen LogP contribution in [0.5, 0.6) is 0 Å². The fraction of sp³-hybridized carbons (Fsp3) is 0.364. The summed E-state index contributed by atoms with van der Waals surface area (Å²) >= 11 is 6.35. The number of aromatic amines is 1. The molecule has 1 atom stereocenters. The fourth-order valence-electron chi connectivity index (χ4n) is 4.44. The molecule has 138 valence electrons. The van der Waals surface area contributed by atoms with Crippen LogP contribution in [-0.4, -0.2) is 29.3 Å². The average molecular weight is 379 g/mol. The van der Waals surface area contributed by atoms with Gasteiger partial charge in [-0.05, 0) is 66.6 Å². The van der Waals surface area contributed by atoms with Crippen LogP contribution in [0, 0.1) is 0 Å². The molecule has 0 saturated carbocycles. The van der Waals surface area contributed by atoms with Crippen LogP contribution in [0.4, 0.5) is 0 Å². The van der Waals surface area contributed by atoms with Gasteiger partial charge in [-0.1, -0.05) is 24.6 Å². The van der Waals surface area contributed by atoms with E-state index < -0.39 is 0 Å². The van der Waals surface area contributed by atoms with Gasteiger partial charge in [-0.25, -0.2) is 4.98 Å². The lowest BCUT2D eigenvalue weighted by Gasteiger charge is -2.21. The molecule has 0 radical (unpaired) electrons. The third kappa shape index (κ3) is 2.88. The van der Waals surface area contributed by atoms with Crippen LogP contribution >= 0.6 is 11.6 Å². The van der Waals surface area contributed by atoms with Crippen molar-refractivity contribution in [1.82, 2.24) is 15.3 Å². The van der Waals surface area contributed by atoms with E-state index in [4.69, 9.17) is 11.6 Å². The zero-order chi connectivity index (χ0) is 18.4. The van der Waals surface area contributed by atoms with Crippen LogP contribution in [0.15, 0.2) is 29.4 Å². The Morgan fingerprint density at radius 3 is 2.96 bits per heavy atom. The van der Waals surface area contributed by atoms with Gasteiger partial charge in [0.15, 0.2) is 0 Å². The van der Waals surface area contributed by atoms with Crippen LogP contribution in [0.25, 0.3) is 22.2 Å². The summed E-state index contributed by atoms with van der Waals surface area (Å²) in [5.41, 5.74) is 8.49. The molecule has 3 aromatic rings. The Morgan fingerprint density at radius 1 is 1.22 bits per heavy atom. The number of hydrogen-bond donors (Lipinski definition) is 2. The smallest absolute Gasteiger partial charge is 0.138 e. The topological polar surface area (TPSA) is 53.1 Å². The lowest BCUT2D eigenvalue weighted by atomic mass is 9.88. The molecule has 4 nitrogen and oxygen atoms in total. The normalized spacial score (nSPS) is 19.0. The number of aliphatic imine (C=N–C) groups is 1. The van der Waals surface area contributed by atoms with Gasteiger partial charge in [-0.3, -0.25) is 4.99 Å². The number of nitrogens with one attached hydrogen (secondary N) is 2. The predicted octanol–water partition coefficient (Wildman–Crippen LogP) is 4.85. The number of aryl methyl sites for hydroxylation is 1. The van der Waals surface area contributed by atoms with Crippen LogP contribution in [0.1, 0.15) is 48.1 Å². The molecule has 1 saturated heterocycles. The summed E-state index contributed by atoms with van der Waals surface area (Å²) in [7, 11) is 0. The van der Waals surface area contributed by atoms with Gasteiger partial charge in [0.1, 0.15) is 10.8 Å². The van der Waals surface area contributed by atoms with E-state index in [2.05, 4.69) is 51.6 Å². The molecule has 2 aliphatic heterocycles.